The normalized spacial score (nSPS) is 18.8. The van der Waals surface area contributed by atoms with Gasteiger partial charge in [0.25, 0.3) is 0 Å². The van der Waals surface area contributed by atoms with Gasteiger partial charge in [0.05, 0.1) is 13.2 Å². The Balaban J connectivity index is 0.00000324. The summed E-state index contributed by atoms with van der Waals surface area (Å²) >= 11 is 0. The Labute approximate surface area is 134 Å². The van der Waals surface area contributed by atoms with E-state index >= 15 is 0 Å². The van der Waals surface area contributed by atoms with Gasteiger partial charge in [-0.3, -0.25) is 4.99 Å². The molecule has 0 radical (unpaired) electrons. The molecule has 0 amide bonds. The van der Waals surface area contributed by atoms with E-state index in [1.54, 1.807) is 0 Å². The number of aliphatic imine (C=N–C) groups is 1. The van der Waals surface area contributed by atoms with Crippen molar-refractivity contribution >= 4 is 29.9 Å². The van der Waals surface area contributed by atoms with E-state index < -0.39 is 0 Å². The molecule has 0 fully saturated rings. The second-order valence-electron chi connectivity index (χ2n) is 5.30. The molecule has 0 aromatic heterocycles. The number of aliphatic hydroxyl groups is 1. The summed E-state index contributed by atoms with van der Waals surface area (Å²) in [5.41, 5.74) is -0.115. The highest BCUT2D eigenvalue weighted by Gasteiger charge is 2.21. The summed E-state index contributed by atoms with van der Waals surface area (Å²) < 4.78 is 0. The number of halogens is 1. The van der Waals surface area contributed by atoms with Gasteiger partial charge in [-0.25, -0.2) is 0 Å². The highest BCUT2D eigenvalue weighted by molar-refractivity contribution is 14.0. The van der Waals surface area contributed by atoms with Crippen LogP contribution < -0.4 is 10.6 Å². The fourth-order valence-corrected chi connectivity index (χ4v) is 1.79. The minimum absolute atomic E-state index is 0. The number of hydrogen-bond donors (Lipinski definition) is 3. The number of aliphatic hydroxyl groups excluding tert-OH is 1. The quantitative estimate of drug-likeness (QED) is 0.286. The minimum atomic E-state index is -0.115. The average Bonchev–Trinajstić information content (AvgIpc) is 2.89. The third-order valence-electron chi connectivity index (χ3n) is 3.55. The average molecular weight is 381 g/mol. The first kappa shape index (κ1) is 18.7. The van der Waals surface area contributed by atoms with Crippen LogP contribution in [0.5, 0.6) is 0 Å². The van der Waals surface area contributed by atoms with Gasteiger partial charge < -0.3 is 15.7 Å². The topological polar surface area (TPSA) is 56.7 Å². The van der Waals surface area contributed by atoms with Crippen LogP contribution in [0.2, 0.25) is 0 Å². The van der Waals surface area contributed by atoms with Crippen molar-refractivity contribution in [3.63, 3.8) is 0 Å². The van der Waals surface area contributed by atoms with Crippen LogP contribution in [-0.2, 0) is 0 Å². The molecule has 1 rings (SSSR count). The van der Waals surface area contributed by atoms with Crippen LogP contribution in [0, 0.1) is 5.41 Å². The molecular formula is C14H28IN3O. The molecule has 0 aromatic rings. The summed E-state index contributed by atoms with van der Waals surface area (Å²) in [5.74, 6) is 0.860. The maximum Gasteiger partial charge on any atom is 0.191 e. The zero-order valence-electron chi connectivity index (χ0n) is 12.3. The highest BCUT2D eigenvalue weighted by Crippen LogP contribution is 2.20. The summed E-state index contributed by atoms with van der Waals surface area (Å²) in [6, 6.07) is 0.463. The lowest BCUT2D eigenvalue weighted by molar-refractivity contribution is 0.145. The molecule has 112 valence electrons. The van der Waals surface area contributed by atoms with Gasteiger partial charge in [0.2, 0.25) is 0 Å². The monoisotopic (exact) mass is 381 g/mol. The molecule has 0 heterocycles. The zero-order chi connectivity index (χ0) is 13.4. The standard InChI is InChI=1S/C14H27N3O.HI/c1-4-14(3,11-18)10-16-13(15-5-2)17-12-8-6-7-9-12;/h6-7,12,18H,4-5,8-11H2,1-3H3,(H2,15,16,17);1H. The van der Waals surface area contributed by atoms with Crippen molar-refractivity contribution in [2.24, 2.45) is 10.4 Å². The number of nitrogens with zero attached hydrogens (tertiary/aromatic N) is 1. The molecule has 1 aliphatic carbocycles. The summed E-state index contributed by atoms with van der Waals surface area (Å²) in [6.45, 7) is 7.90. The lowest BCUT2D eigenvalue weighted by atomic mass is 9.89. The summed E-state index contributed by atoms with van der Waals surface area (Å²) in [6.07, 6.45) is 7.46. The van der Waals surface area contributed by atoms with Crippen molar-refractivity contribution in [2.75, 3.05) is 19.7 Å². The van der Waals surface area contributed by atoms with E-state index in [0.29, 0.717) is 12.6 Å². The molecule has 0 saturated carbocycles. The van der Waals surface area contributed by atoms with E-state index in [4.69, 9.17) is 0 Å². The fraction of sp³-hybridized carbons (Fsp3) is 0.786. The molecule has 0 aliphatic heterocycles. The maximum absolute atomic E-state index is 9.39. The van der Waals surface area contributed by atoms with Crippen LogP contribution in [0.25, 0.3) is 0 Å². The second-order valence-corrected chi connectivity index (χ2v) is 5.30. The van der Waals surface area contributed by atoms with Gasteiger partial charge in [-0.05, 0) is 26.2 Å². The number of hydrogen-bond acceptors (Lipinski definition) is 2. The van der Waals surface area contributed by atoms with Crippen molar-refractivity contribution in [1.29, 1.82) is 0 Å². The van der Waals surface area contributed by atoms with E-state index in [1.807, 2.05) is 0 Å². The Morgan fingerprint density at radius 3 is 2.47 bits per heavy atom. The van der Waals surface area contributed by atoms with Crippen molar-refractivity contribution in [2.45, 2.75) is 46.1 Å². The fourth-order valence-electron chi connectivity index (χ4n) is 1.79. The van der Waals surface area contributed by atoms with Crippen LogP contribution in [0.4, 0.5) is 0 Å². The third kappa shape index (κ3) is 6.61. The molecule has 1 atom stereocenters. The van der Waals surface area contributed by atoms with E-state index in [9.17, 15) is 5.11 Å². The van der Waals surface area contributed by atoms with Crippen LogP contribution in [0.3, 0.4) is 0 Å². The number of nitrogens with one attached hydrogen (secondary N) is 2. The van der Waals surface area contributed by atoms with Crippen LogP contribution in [-0.4, -0.2) is 36.8 Å². The van der Waals surface area contributed by atoms with Crippen molar-refractivity contribution in [3.8, 4) is 0 Å². The maximum atomic E-state index is 9.39. The third-order valence-corrected chi connectivity index (χ3v) is 3.55. The van der Waals surface area contributed by atoms with Crippen molar-refractivity contribution in [3.05, 3.63) is 12.2 Å². The highest BCUT2D eigenvalue weighted by atomic mass is 127. The molecule has 4 nitrogen and oxygen atoms in total. The van der Waals surface area contributed by atoms with Gasteiger partial charge in [0, 0.05) is 18.0 Å². The smallest absolute Gasteiger partial charge is 0.191 e. The largest absolute Gasteiger partial charge is 0.396 e. The summed E-state index contributed by atoms with van der Waals surface area (Å²) in [4.78, 5) is 4.60. The first-order valence-corrected chi connectivity index (χ1v) is 6.94. The van der Waals surface area contributed by atoms with Gasteiger partial charge in [0.15, 0.2) is 5.96 Å². The molecule has 19 heavy (non-hydrogen) atoms. The van der Waals surface area contributed by atoms with Gasteiger partial charge in [-0.15, -0.1) is 24.0 Å². The first-order chi connectivity index (χ1) is 8.63. The Morgan fingerprint density at radius 1 is 1.37 bits per heavy atom. The van der Waals surface area contributed by atoms with E-state index in [-0.39, 0.29) is 36.0 Å². The molecule has 0 saturated heterocycles. The van der Waals surface area contributed by atoms with E-state index in [0.717, 1.165) is 31.8 Å². The Bertz CT molecular complexity index is 293. The zero-order valence-corrected chi connectivity index (χ0v) is 14.6. The summed E-state index contributed by atoms with van der Waals surface area (Å²) in [7, 11) is 0. The molecule has 3 N–H and O–H groups in total. The van der Waals surface area contributed by atoms with Gasteiger partial charge >= 0.3 is 0 Å². The van der Waals surface area contributed by atoms with E-state index in [1.165, 1.54) is 0 Å². The summed E-state index contributed by atoms with van der Waals surface area (Å²) in [5, 5.41) is 16.1. The lowest BCUT2D eigenvalue weighted by Crippen LogP contribution is -2.43. The van der Waals surface area contributed by atoms with Crippen molar-refractivity contribution in [1.82, 2.24) is 10.6 Å². The number of rotatable bonds is 6. The van der Waals surface area contributed by atoms with Crippen molar-refractivity contribution < 1.29 is 5.11 Å². The predicted molar refractivity (Wildman–Crippen MR) is 92.2 cm³/mol. The SMILES string of the molecule is CCNC(=NCC(C)(CC)CO)NC1CC=CC1.I. The number of guanidine groups is 1. The molecule has 5 heteroatoms. The first-order valence-electron chi connectivity index (χ1n) is 6.94. The molecule has 0 spiro atoms. The molecule has 1 unspecified atom stereocenters. The second kappa shape index (κ2) is 9.58. The lowest BCUT2D eigenvalue weighted by Gasteiger charge is -2.24. The Hall–Kier alpha value is -0.300. The Morgan fingerprint density at radius 2 is 2.00 bits per heavy atom. The molecular weight excluding hydrogens is 353 g/mol. The van der Waals surface area contributed by atoms with Gasteiger partial charge in [-0.1, -0.05) is 26.0 Å². The predicted octanol–water partition coefficient (Wildman–Crippen LogP) is 2.29. The molecule has 0 bridgehead atoms. The van der Waals surface area contributed by atoms with Gasteiger partial charge in [-0.2, -0.15) is 0 Å². The molecule has 0 aromatic carbocycles. The van der Waals surface area contributed by atoms with Crippen LogP contribution in [0.1, 0.15) is 40.0 Å². The van der Waals surface area contributed by atoms with E-state index in [2.05, 4.69) is 48.5 Å². The minimum Gasteiger partial charge on any atom is -0.396 e. The van der Waals surface area contributed by atoms with Gasteiger partial charge in [0.1, 0.15) is 0 Å². The van der Waals surface area contributed by atoms with Crippen LogP contribution >= 0.6 is 24.0 Å². The Kier molecular flexibility index (Phi) is 9.43. The van der Waals surface area contributed by atoms with Crippen LogP contribution in [0.15, 0.2) is 17.1 Å². The molecule has 1 aliphatic rings.